The van der Waals surface area contributed by atoms with Crippen LogP contribution < -0.4 is 4.74 Å². The molecule has 0 fully saturated rings. The number of carbonyl (C=O) groups is 1. The van der Waals surface area contributed by atoms with Crippen LogP contribution in [-0.2, 0) is 11.3 Å². The van der Waals surface area contributed by atoms with Gasteiger partial charge in [0.2, 0.25) is 0 Å². The molecule has 1 aliphatic heterocycles. The molecule has 0 radical (unpaired) electrons. The van der Waals surface area contributed by atoms with Crippen LogP contribution in [0.25, 0.3) is 0 Å². The van der Waals surface area contributed by atoms with Crippen LogP contribution in [0.3, 0.4) is 0 Å². The van der Waals surface area contributed by atoms with Gasteiger partial charge in [-0.25, -0.2) is 9.78 Å². The fourth-order valence-corrected chi connectivity index (χ4v) is 1.19. The predicted octanol–water partition coefficient (Wildman–Crippen LogP) is 0.761. The van der Waals surface area contributed by atoms with Gasteiger partial charge in [-0.3, -0.25) is 0 Å². The monoisotopic (exact) mass is 165 g/mol. The minimum Gasteiger partial charge on any atom is -0.496 e. The average Bonchev–Trinajstić information content (AvgIpc) is 2.48. The molecular weight excluding hydrogens is 158 g/mol. The number of fused-ring (bicyclic) bond motifs is 1. The Morgan fingerprint density at radius 2 is 2.50 bits per heavy atom. The van der Waals surface area contributed by atoms with E-state index in [-0.39, 0.29) is 12.6 Å². The van der Waals surface area contributed by atoms with Crippen LogP contribution in [0.15, 0.2) is 12.3 Å². The summed E-state index contributed by atoms with van der Waals surface area (Å²) < 4.78 is 9.82. The van der Waals surface area contributed by atoms with Crippen molar-refractivity contribution in [2.24, 2.45) is 0 Å². The summed E-state index contributed by atoms with van der Waals surface area (Å²) in [5.74, 6) is 0.287. The number of esters is 1. The molecule has 0 saturated carbocycles. The molecule has 1 aliphatic rings. The summed E-state index contributed by atoms with van der Waals surface area (Å²) in [4.78, 5) is 14.9. The van der Waals surface area contributed by atoms with Crippen molar-refractivity contribution in [1.29, 1.82) is 0 Å². The van der Waals surface area contributed by atoms with Gasteiger partial charge in [-0.05, 0) is 6.07 Å². The molecular formula is C8H7NO3. The van der Waals surface area contributed by atoms with Crippen molar-refractivity contribution in [2.75, 3.05) is 7.11 Å². The predicted molar refractivity (Wildman–Crippen MR) is 39.9 cm³/mol. The zero-order valence-electron chi connectivity index (χ0n) is 6.53. The molecule has 4 nitrogen and oxygen atoms in total. The first kappa shape index (κ1) is 7.09. The molecule has 0 aliphatic carbocycles. The first-order chi connectivity index (χ1) is 5.83. The molecule has 0 unspecified atom stereocenters. The number of rotatable bonds is 1. The van der Waals surface area contributed by atoms with Crippen molar-refractivity contribution >= 4 is 5.97 Å². The third-order valence-corrected chi connectivity index (χ3v) is 1.77. The fraction of sp³-hybridized carbons (Fsp3) is 0.250. The largest absolute Gasteiger partial charge is 0.496 e. The number of hydrogen-bond acceptors (Lipinski definition) is 4. The highest BCUT2D eigenvalue weighted by atomic mass is 16.5. The lowest BCUT2D eigenvalue weighted by atomic mass is 10.2. The Kier molecular flexibility index (Phi) is 1.46. The molecule has 12 heavy (non-hydrogen) atoms. The van der Waals surface area contributed by atoms with Crippen molar-refractivity contribution in [1.82, 2.24) is 4.98 Å². The third kappa shape index (κ3) is 0.845. The van der Waals surface area contributed by atoms with E-state index in [4.69, 9.17) is 9.47 Å². The summed E-state index contributed by atoms with van der Waals surface area (Å²) >= 11 is 0. The highest BCUT2D eigenvalue weighted by Crippen LogP contribution is 2.26. The molecule has 0 spiro atoms. The van der Waals surface area contributed by atoms with Crippen LogP contribution in [0.4, 0.5) is 0 Å². The summed E-state index contributed by atoms with van der Waals surface area (Å²) in [6.07, 6.45) is 1.53. The average molecular weight is 165 g/mol. The maximum atomic E-state index is 11.0. The van der Waals surface area contributed by atoms with Gasteiger partial charge >= 0.3 is 5.97 Å². The van der Waals surface area contributed by atoms with Gasteiger partial charge in [0.05, 0.1) is 12.7 Å². The van der Waals surface area contributed by atoms with E-state index >= 15 is 0 Å². The maximum absolute atomic E-state index is 11.0. The Labute approximate surface area is 69.1 Å². The smallest absolute Gasteiger partial charge is 0.357 e. The Morgan fingerprint density at radius 3 is 3.25 bits per heavy atom. The molecule has 1 aromatic rings. The SMILES string of the molecule is COc1ccnc2c1COC2=O. The number of aromatic nitrogens is 1. The summed E-state index contributed by atoms with van der Waals surface area (Å²) in [5, 5.41) is 0. The van der Waals surface area contributed by atoms with Crippen molar-refractivity contribution in [3.8, 4) is 5.75 Å². The number of ether oxygens (including phenoxy) is 2. The van der Waals surface area contributed by atoms with Gasteiger partial charge in [0.25, 0.3) is 0 Å². The van der Waals surface area contributed by atoms with E-state index < -0.39 is 0 Å². The molecule has 2 rings (SSSR count). The number of pyridine rings is 1. The molecule has 0 bridgehead atoms. The molecule has 0 aromatic carbocycles. The number of hydrogen-bond donors (Lipinski definition) is 0. The number of carbonyl (C=O) groups excluding carboxylic acids is 1. The molecule has 0 saturated heterocycles. The van der Waals surface area contributed by atoms with E-state index in [2.05, 4.69) is 4.98 Å². The van der Waals surface area contributed by atoms with Crippen LogP contribution in [-0.4, -0.2) is 18.1 Å². The van der Waals surface area contributed by atoms with Gasteiger partial charge in [0.1, 0.15) is 12.4 Å². The highest BCUT2D eigenvalue weighted by molar-refractivity contribution is 5.91. The first-order valence-electron chi connectivity index (χ1n) is 3.52. The van der Waals surface area contributed by atoms with Crippen LogP contribution in [0.1, 0.15) is 16.1 Å². The van der Waals surface area contributed by atoms with Crippen LogP contribution in [0.5, 0.6) is 5.75 Å². The Morgan fingerprint density at radius 1 is 1.67 bits per heavy atom. The number of methoxy groups -OCH3 is 1. The van der Waals surface area contributed by atoms with Gasteiger partial charge in [0.15, 0.2) is 5.69 Å². The Bertz CT molecular complexity index is 335. The summed E-state index contributed by atoms with van der Waals surface area (Å²) in [6, 6.07) is 1.71. The van der Waals surface area contributed by atoms with E-state index in [1.807, 2.05) is 0 Å². The van der Waals surface area contributed by atoms with Crippen molar-refractivity contribution in [3.63, 3.8) is 0 Å². The quantitative estimate of drug-likeness (QED) is 0.576. The normalized spacial score (nSPS) is 13.9. The maximum Gasteiger partial charge on any atom is 0.357 e. The van der Waals surface area contributed by atoms with E-state index in [0.717, 1.165) is 5.56 Å². The van der Waals surface area contributed by atoms with Gasteiger partial charge in [-0.2, -0.15) is 0 Å². The van der Waals surface area contributed by atoms with Gasteiger partial charge < -0.3 is 9.47 Å². The molecule has 4 heteroatoms. The summed E-state index contributed by atoms with van der Waals surface area (Å²) in [6.45, 7) is 0.269. The van der Waals surface area contributed by atoms with Crippen LogP contribution >= 0.6 is 0 Å². The molecule has 0 amide bonds. The lowest BCUT2D eigenvalue weighted by Gasteiger charge is -2.01. The van der Waals surface area contributed by atoms with Crippen LogP contribution in [0, 0.1) is 0 Å². The Hall–Kier alpha value is -1.58. The lowest BCUT2D eigenvalue weighted by Crippen LogP contribution is -1.97. The minimum absolute atomic E-state index is 0.269. The summed E-state index contributed by atoms with van der Waals surface area (Å²) in [5.41, 5.74) is 1.11. The third-order valence-electron chi connectivity index (χ3n) is 1.77. The second-order valence-corrected chi connectivity index (χ2v) is 2.42. The zero-order valence-corrected chi connectivity index (χ0v) is 6.53. The minimum atomic E-state index is -0.371. The molecule has 62 valence electrons. The van der Waals surface area contributed by atoms with Crippen molar-refractivity contribution in [3.05, 3.63) is 23.5 Å². The topological polar surface area (TPSA) is 48.4 Å². The van der Waals surface area contributed by atoms with Gasteiger partial charge in [0, 0.05) is 6.20 Å². The van der Waals surface area contributed by atoms with Crippen molar-refractivity contribution in [2.45, 2.75) is 6.61 Å². The molecule has 0 atom stereocenters. The van der Waals surface area contributed by atoms with E-state index in [0.29, 0.717) is 11.4 Å². The second-order valence-electron chi connectivity index (χ2n) is 2.42. The van der Waals surface area contributed by atoms with Crippen molar-refractivity contribution < 1.29 is 14.3 Å². The number of nitrogens with zero attached hydrogens (tertiary/aromatic N) is 1. The molecule has 2 heterocycles. The Balaban J connectivity index is 2.58. The summed E-state index contributed by atoms with van der Waals surface area (Å²) in [7, 11) is 1.55. The molecule has 0 N–H and O–H groups in total. The van der Waals surface area contributed by atoms with Gasteiger partial charge in [-0.15, -0.1) is 0 Å². The lowest BCUT2D eigenvalue weighted by molar-refractivity contribution is 0.0530. The zero-order chi connectivity index (χ0) is 8.55. The van der Waals surface area contributed by atoms with E-state index in [1.54, 1.807) is 13.2 Å². The fourth-order valence-electron chi connectivity index (χ4n) is 1.19. The van der Waals surface area contributed by atoms with E-state index in [9.17, 15) is 4.79 Å². The highest BCUT2D eigenvalue weighted by Gasteiger charge is 2.25. The van der Waals surface area contributed by atoms with Gasteiger partial charge in [-0.1, -0.05) is 0 Å². The standard InChI is InChI=1S/C8H7NO3/c1-11-6-2-3-9-7-5(6)4-12-8(7)10/h2-3H,4H2,1H3. The molecule has 1 aromatic heterocycles. The number of cyclic esters (lactones) is 1. The first-order valence-corrected chi connectivity index (χ1v) is 3.52. The van der Waals surface area contributed by atoms with Crippen LogP contribution in [0.2, 0.25) is 0 Å². The van der Waals surface area contributed by atoms with E-state index in [1.165, 1.54) is 6.20 Å². The second kappa shape index (κ2) is 2.48.